The van der Waals surface area contributed by atoms with Crippen LogP contribution in [0.4, 0.5) is 0 Å². The molecule has 1 aliphatic rings. The fourth-order valence-corrected chi connectivity index (χ4v) is 2.50. The summed E-state index contributed by atoms with van der Waals surface area (Å²) < 4.78 is 0. The molecule has 3 heteroatoms. The topological polar surface area (TPSA) is 48.0 Å². The summed E-state index contributed by atoms with van der Waals surface area (Å²) in [6, 6.07) is 8.50. The Balaban J connectivity index is 1.89. The van der Waals surface area contributed by atoms with Crippen molar-refractivity contribution in [3.05, 3.63) is 36.0 Å². The van der Waals surface area contributed by atoms with Crippen LogP contribution in [-0.2, 0) is 6.42 Å². The zero-order valence-electron chi connectivity index (χ0n) is 9.11. The van der Waals surface area contributed by atoms with Crippen LogP contribution in [-0.4, -0.2) is 28.8 Å². The van der Waals surface area contributed by atoms with Crippen molar-refractivity contribution in [2.75, 3.05) is 6.54 Å². The molecule has 0 bridgehead atoms. The van der Waals surface area contributed by atoms with E-state index in [4.69, 9.17) is 0 Å². The molecule has 1 aliphatic heterocycles. The highest BCUT2D eigenvalue weighted by Crippen LogP contribution is 2.21. The van der Waals surface area contributed by atoms with Gasteiger partial charge in [0, 0.05) is 23.1 Å². The standard InChI is InChI=1S/C13H16N2O/c16-13-5-6-14-12(13)7-9-8-15-11-4-2-1-3-10(9)11/h1-4,8,12-16H,5-7H2. The lowest BCUT2D eigenvalue weighted by Crippen LogP contribution is -2.32. The van der Waals surface area contributed by atoms with Crippen LogP contribution >= 0.6 is 0 Å². The molecule has 0 aliphatic carbocycles. The maximum atomic E-state index is 9.79. The Labute approximate surface area is 94.5 Å². The summed E-state index contributed by atoms with van der Waals surface area (Å²) in [5.74, 6) is 0. The van der Waals surface area contributed by atoms with Crippen LogP contribution in [0.1, 0.15) is 12.0 Å². The van der Waals surface area contributed by atoms with E-state index in [0.29, 0.717) is 0 Å². The first-order chi connectivity index (χ1) is 7.84. The summed E-state index contributed by atoms with van der Waals surface area (Å²) in [7, 11) is 0. The second-order valence-corrected chi connectivity index (χ2v) is 4.48. The fraction of sp³-hybridized carbons (Fsp3) is 0.385. The number of aliphatic hydroxyl groups excluding tert-OH is 1. The quantitative estimate of drug-likeness (QED) is 0.711. The zero-order valence-corrected chi connectivity index (χ0v) is 9.11. The van der Waals surface area contributed by atoms with Crippen LogP contribution in [0.15, 0.2) is 30.5 Å². The van der Waals surface area contributed by atoms with E-state index >= 15 is 0 Å². The number of aromatic amines is 1. The minimum atomic E-state index is -0.200. The minimum Gasteiger partial charge on any atom is -0.391 e. The molecule has 0 spiro atoms. The van der Waals surface area contributed by atoms with Crippen molar-refractivity contribution in [1.29, 1.82) is 0 Å². The molecular formula is C13H16N2O. The van der Waals surface area contributed by atoms with Crippen LogP contribution in [0, 0.1) is 0 Å². The number of nitrogens with one attached hydrogen (secondary N) is 2. The van der Waals surface area contributed by atoms with Crippen LogP contribution in [0.5, 0.6) is 0 Å². The third kappa shape index (κ3) is 1.62. The van der Waals surface area contributed by atoms with Crippen molar-refractivity contribution in [1.82, 2.24) is 10.3 Å². The zero-order chi connectivity index (χ0) is 11.0. The summed E-state index contributed by atoms with van der Waals surface area (Å²) in [6.07, 6.45) is 3.61. The Bertz CT molecular complexity index is 491. The molecule has 2 atom stereocenters. The van der Waals surface area contributed by atoms with Gasteiger partial charge in [0.1, 0.15) is 0 Å². The molecule has 1 aromatic carbocycles. The van der Waals surface area contributed by atoms with Gasteiger partial charge in [0.15, 0.2) is 0 Å². The van der Waals surface area contributed by atoms with Gasteiger partial charge in [0.05, 0.1) is 6.10 Å². The number of benzene rings is 1. The molecule has 0 radical (unpaired) electrons. The Kier molecular flexibility index (Phi) is 2.42. The summed E-state index contributed by atoms with van der Waals surface area (Å²) >= 11 is 0. The molecule has 2 unspecified atom stereocenters. The van der Waals surface area contributed by atoms with Crippen LogP contribution in [0.2, 0.25) is 0 Å². The number of para-hydroxylation sites is 1. The van der Waals surface area contributed by atoms with E-state index in [-0.39, 0.29) is 12.1 Å². The molecule has 1 aromatic heterocycles. The van der Waals surface area contributed by atoms with Crippen molar-refractivity contribution >= 4 is 10.9 Å². The highest BCUT2D eigenvalue weighted by molar-refractivity contribution is 5.83. The molecular weight excluding hydrogens is 200 g/mol. The van der Waals surface area contributed by atoms with E-state index < -0.39 is 0 Å². The van der Waals surface area contributed by atoms with Gasteiger partial charge in [0.2, 0.25) is 0 Å². The lowest BCUT2D eigenvalue weighted by Gasteiger charge is -2.13. The molecule has 0 amide bonds. The minimum absolute atomic E-state index is 0.200. The summed E-state index contributed by atoms with van der Waals surface area (Å²) in [4.78, 5) is 3.27. The van der Waals surface area contributed by atoms with Crippen LogP contribution in [0.25, 0.3) is 10.9 Å². The van der Waals surface area contributed by atoms with Crippen molar-refractivity contribution in [2.45, 2.75) is 25.0 Å². The fourth-order valence-electron chi connectivity index (χ4n) is 2.50. The average molecular weight is 216 g/mol. The lowest BCUT2D eigenvalue weighted by atomic mass is 10.0. The second kappa shape index (κ2) is 3.92. The normalized spacial score (nSPS) is 25.3. The Morgan fingerprint density at radius 2 is 2.19 bits per heavy atom. The predicted octanol–water partition coefficient (Wildman–Crippen LogP) is 1.43. The van der Waals surface area contributed by atoms with Gasteiger partial charge < -0.3 is 15.4 Å². The Morgan fingerprint density at radius 3 is 3.00 bits per heavy atom. The molecule has 2 aromatic rings. The molecule has 0 saturated carbocycles. The van der Waals surface area contributed by atoms with E-state index in [9.17, 15) is 5.11 Å². The first kappa shape index (κ1) is 9.87. The summed E-state index contributed by atoms with van der Waals surface area (Å²) in [5.41, 5.74) is 2.46. The number of rotatable bonds is 2. The first-order valence-electron chi connectivity index (χ1n) is 5.81. The van der Waals surface area contributed by atoms with E-state index in [1.807, 2.05) is 6.07 Å². The lowest BCUT2D eigenvalue weighted by molar-refractivity contribution is 0.159. The van der Waals surface area contributed by atoms with E-state index in [0.717, 1.165) is 19.4 Å². The van der Waals surface area contributed by atoms with Gasteiger partial charge in [-0.25, -0.2) is 0 Å². The van der Waals surface area contributed by atoms with Gasteiger partial charge in [-0.2, -0.15) is 0 Å². The van der Waals surface area contributed by atoms with Crippen LogP contribution < -0.4 is 5.32 Å². The van der Waals surface area contributed by atoms with Crippen molar-refractivity contribution in [3.8, 4) is 0 Å². The Hall–Kier alpha value is -1.32. The van der Waals surface area contributed by atoms with E-state index in [2.05, 4.69) is 34.7 Å². The molecule has 3 N–H and O–H groups in total. The third-order valence-corrected chi connectivity index (χ3v) is 3.43. The summed E-state index contributed by atoms with van der Waals surface area (Å²) in [5, 5.41) is 14.4. The van der Waals surface area contributed by atoms with Gasteiger partial charge >= 0.3 is 0 Å². The maximum Gasteiger partial charge on any atom is 0.0708 e. The van der Waals surface area contributed by atoms with Crippen molar-refractivity contribution in [2.24, 2.45) is 0 Å². The molecule has 2 heterocycles. The molecule has 3 rings (SSSR count). The number of aliphatic hydroxyl groups is 1. The first-order valence-corrected chi connectivity index (χ1v) is 5.81. The predicted molar refractivity (Wildman–Crippen MR) is 64.4 cm³/mol. The van der Waals surface area contributed by atoms with Crippen molar-refractivity contribution in [3.63, 3.8) is 0 Å². The molecule has 84 valence electrons. The monoisotopic (exact) mass is 216 g/mol. The molecule has 3 nitrogen and oxygen atoms in total. The van der Waals surface area contributed by atoms with E-state index in [1.165, 1.54) is 16.5 Å². The molecule has 1 saturated heterocycles. The number of hydrogen-bond acceptors (Lipinski definition) is 2. The number of fused-ring (bicyclic) bond motifs is 1. The highest BCUT2D eigenvalue weighted by atomic mass is 16.3. The second-order valence-electron chi connectivity index (χ2n) is 4.48. The third-order valence-electron chi connectivity index (χ3n) is 3.43. The number of hydrogen-bond donors (Lipinski definition) is 3. The maximum absolute atomic E-state index is 9.79. The van der Waals surface area contributed by atoms with Crippen molar-refractivity contribution < 1.29 is 5.11 Å². The smallest absolute Gasteiger partial charge is 0.0708 e. The van der Waals surface area contributed by atoms with Gasteiger partial charge in [0.25, 0.3) is 0 Å². The van der Waals surface area contributed by atoms with Gasteiger partial charge in [-0.1, -0.05) is 18.2 Å². The van der Waals surface area contributed by atoms with Gasteiger partial charge in [-0.3, -0.25) is 0 Å². The SMILES string of the molecule is OC1CCNC1Cc1c[nH]c2ccccc12. The van der Waals surface area contributed by atoms with E-state index in [1.54, 1.807) is 0 Å². The highest BCUT2D eigenvalue weighted by Gasteiger charge is 2.25. The average Bonchev–Trinajstić information content (AvgIpc) is 2.88. The van der Waals surface area contributed by atoms with Gasteiger partial charge in [-0.15, -0.1) is 0 Å². The molecule has 16 heavy (non-hydrogen) atoms. The number of aromatic nitrogens is 1. The summed E-state index contributed by atoms with van der Waals surface area (Å²) in [6.45, 7) is 0.925. The number of H-pyrrole nitrogens is 1. The largest absolute Gasteiger partial charge is 0.391 e. The van der Waals surface area contributed by atoms with Gasteiger partial charge in [-0.05, 0) is 31.0 Å². The molecule has 1 fully saturated rings. The Morgan fingerprint density at radius 1 is 1.31 bits per heavy atom. The van der Waals surface area contributed by atoms with Crippen LogP contribution in [0.3, 0.4) is 0 Å².